The van der Waals surface area contributed by atoms with E-state index in [0.717, 1.165) is 0 Å². The van der Waals surface area contributed by atoms with Crippen LogP contribution in [0.5, 0.6) is 0 Å². The van der Waals surface area contributed by atoms with Crippen LogP contribution < -0.4 is 5.32 Å². The molecule has 2 N–H and O–H groups in total. The van der Waals surface area contributed by atoms with Crippen molar-refractivity contribution < 1.29 is 14.6 Å². The highest BCUT2D eigenvalue weighted by Gasteiger charge is 2.18. The second kappa shape index (κ2) is 5.94. The van der Waals surface area contributed by atoms with Crippen molar-refractivity contribution in [1.29, 1.82) is 0 Å². The molecule has 0 fully saturated rings. The number of hydrogen-bond donors (Lipinski definition) is 2. The van der Waals surface area contributed by atoms with Crippen molar-refractivity contribution >= 4 is 5.97 Å². The summed E-state index contributed by atoms with van der Waals surface area (Å²) in [7, 11) is 0. The predicted molar refractivity (Wildman–Crippen MR) is 50.8 cm³/mol. The fourth-order valence-electron chi connectivity index (χ4n) is 0.882. The van der Waals surface area contributed by atoms with Gasteiger partial charge in [0.1, 0.15) is 6.04 Å². The van der Waals surface area contributed by atoms with Crippen LogP contribution in [-0.4, -0.2) is 35.9 Å². The first-order chi connectivity index (χ1) is 5.93. The molecular weight excluding hydrogens is 170 g/mol. The zero-order valence-electron chi connectivity index (χ0n) is 8.70. The Balaban J connectivity index is 3.88. The maximum atomic E-state index is 10.7. The lowest BCUT2D eigenvalue weighted by Crippen LogP contribution is -2.44. The Morgan fingerprint density at radius 3 is 2.23 bits per heavy atom. The number of carboxylic acids is 1. The number of rotatable bonds is 6. The summed E-state index contributed by atoms with van der Waals surface area (Å²) in [4.78, 5) is 10.7. The number of carbonyl (C=O) groups is 1. The summed E-state index contributed by atoms with van der Waals surface area (Å²) >= 11 is 0. The van der Waals surface area contributed by atoms with E-state index < -0.39 is 12.0 Å². The van der Waals surface area contributed by atoms with Crippen molar-refractivity contribution in [3.8, 4) is 0 Å². The lowest BCUT2D eigenvalue weighted by atomic mass is 10.2. The molecule has 0 rings (SSSR count). The molecule has 0 saturated carbocycles. The SMILES string of the molecule is CC(C)NC(COC(C)C)C(=O)O. The molecule has 13 heavy (non-hydrogen) atoms. The molecule has 0 aliphatic rings. The quantitative estimate of drug-likeness (QED) is 0.650. The largest absolute Gasteiger partial charge is 0.480 e. The molecule has 1 unspecified atom stereocenters. The van der Waals surface area contributed by atoms with Gasteiger partial charge in [-0.25, -0.2) is 0 Å². The van der Waals surface area contributed by atoms with Crippen molar-refractivity contribution in [2.24, 2.45) is 0 Å². The molecule has 0 heterocycles. The number of nitrogens with one attached hydrogen (secondary N) is 1. The molecule has 4 heteroatoms. The van der Waals surface area contributed by atoms with Gasteiger partial charge in [-0.3, -0.25) is 4.79 Å². The van der Waals surface area contributed by atoms with E-state index in [2.05, 4.69) is 5.32 Å². The summed E-state index contributed by atoms with van der Waals surface area (Å²) in [5.74, 6) is -0.866. The van der Waals surface area contributed by atoms with Crippen LogP contribution in [0.15, 0.2) is 0 Å². The van der Waals surface area contributed by atoms with Gasteiger partial charge in [0.15, 0.2) is 0 Å². The third-order valence-corrected chi connectivity index (χ3v) is 1.43. The fraction of sp³-hybridized carbons (Fsp3) is 0.889. The van der Waals surface area contributed by atoms with Gasteiger partial charge < -0.3 is 15.2 Å². The van der Waals surface area contributed by atoms with Crippen LogP contribution in [0.25, 0.3) is 0 Å². The normalized spacial score (nSPS) is 13.7. The Morgan fingerprint density at radius 2 is 1.92 bits per heavy atom. The summed E-state index contributed by atoms with van der Waals surface area (Å²) in [6, 6.07) is -0.459. The van der Waals surface area contributed by atoms with Crippen molar-refractivity contribution in [1.82, 2.24) is 5.32 Å². The maximum absolute atomic E-state index is 10.7. The average molecular weight is 189 g/mol. The molecule has 0 radical (unpaired) electrons. The molecule has 0 spiro atoms. The van der Waals surface area contributed by atoms with Gasteiger partial charge in [0.25, 0.3) is 0 Å². The minimum atomic E-state index is -0.866. The topological polar surface area (TPSA) is 58.6 Å². The van der Waals surface area contributed by atoms with Gasteiger partial charge in [-0.1, -0.05) is 13.8 Å². The van der Waals surface area contributed by atoms with Gasteiger partial charge in [-0.05, 0) is 13.8 Å². The highest BCUT2D eigenvalue weighted by molar-refractivity contribution is 5.73. The van der Waals surface area contributed by atoms with Crippen LogP contribution in [-0.2, 0) is 9.53 Å². The van der Waals surface area contributed by atoms with E-state index in [1.807, 2.05) is 27.7 Å². The Bertz CT molecular complexity index is 157. The highest BCUT2D eigenvalue weighted by atomic mass is 16.5. The predicted octanol–water partition coefficient (Wildman–Crippen LogP) is 0.863. The highest BCUT2D eigenvalue weighted by Crippen LogP contribution is 1.94. The summed E-state index contributed by atoms with van der Waals surface area (Å²) in [6.45, 7) is 7.80. The standard InChI is InChI=1S/C9H19NO3/c1-6(2)10-8(9(11)12)5-13-7(3)4/h6-8,10H,5H2,1-4H3,(H,11,12). The first kappa shape index (κ1) is 12.4. The van der Waals surface area contributed by atoms with E-state index in [4.69, 9.17) is 9.84 Å². The monoisotopic (exact) mass is 189 g/mol. The lowest BCUT2D eigenvalue weighted by Gasteiger charge is -2.18. The summed E-state index contributed by atoms with van der Waals surface area (Å²) in [5.41, 5.74) is 0. The third-order valence-electron chi connectivity index (χ3n) is 1.43. The fourth-order valence-corrected chi connectivity index (χ4v) is 0.882. The molecule has 4 nitrogen and oxygen atoms in total. The van der Waals surface area contributed by atoms with Crippen molar-refractivity contribution in [3.05, 3.63) is 0 Å². The van der Waals surface area contributed by atoms with Crippen LogP contribution in [0.2, 0.25) is 0 Å². The zero-order chi connectivity index (χ0) is 10.4. The molecule has 0 aromatic rings. The Kier molecular flexibility index (Phi) is 5.66. The minimum absolute atomic E-state index is 0.0656. The molecule has 0 aromatic carbocycles. The summed E-state index contributed by atoms with van der Waals surface area (Å²) < 4.78 is 5.22. The Labute approximate surface area is 79.3 Å². The number of aliphatic carboxylic acids is 1. The van der Waals surface area contributed by atoms with E-state index >= 15 is 0 Å². The van der Waals surface area contributed by atoms with Gasteiger partial charge in [0.2, 0.25) is 0 Å². The minimum Gasteiger partial charge on any atom is -0.480 e. The first-order valence-corrected chi connectivity index (χ1v) is 4.54. The molecule has 0 aliphatic carbocycles. The second-order valence-corrected chi connectivity index (χ2v) is 3.59. The van der Waals surface area contributed by atoms with Crippen LogP contribution in [0.1, 0.15) is 27.7 Å². The van der Waals surface area contributed by atoms with E-state index in [0.29, 0.717) is 0 Å². The second-order valence-electron chi connectivity index (χ2n) is 3.59. The van der Waals surface area contributed by atoms with Gasteiger partial charge in [-0.2, -0.15) is 0 Å². The lowest BCUT2D eigenvalue weighted by molar-refractivity contribution is -0.141. The molecule has 78 valence electrons. The van der Waals surface area contributed by atoms with Gasteiger partial charge >= 0.3 is 5.97 Å². The summed E-state index contributed by atoms with van der Waals surface area (Å²) in [6.07, 6.45) is 0.0656. The van der Waals surface area contributed by atoms with E-state index in [-0.39, 0.29) is 18.8 Å². The Morgan fingerprint density at radius 1 is 1.38 bits per heavy atom. The van der Waals surface area contributed by atoms with Crippen molar-refractivity contribution in [2.75, 3.05) is 6.61 Å². The van der Waals surface area contributed by atoms with Gasteiger partial charge in [0.05, 0.1) is 12.7 Å². The van der Waals surface area contributed by atoms with E-state index in [1.165, 1.54) is 0 Å². The van der Waals surface area contributed by atoms with Gasteiger partial charge in [0, 0.05) is 6.04 Å². The smallest absolute Gasteiger partial charge is 0.323 e. The van der Waals surface area contributed by atoms with Crippen molar-refractivity contribution in [3.63, 3.8) is 0 Å². The zero-order valence-corrected chi connectivity index (χ0v) is 8.70. The molecule has 0 amide bonds. The molecule has 0 aliphatic heterocycles. The van der Waals surface area contributed by atoms with E-state index in [1.54, 1.807) is 0 Å². The maximum Gasteiger partial charge on any atom is 0.323 e. The molecule has 0 aromatic heterocycles. The number of carboxylic acid groups (broad SMARTS) is 1. The average Bonchev–Trinajstić information content (AvgIpc) is 1.96. The van der Waals surface area contributed by atoms with Crippen LogP contribution >= 0.6 is 0 Å². The van der Waals surface area contributed by atoms with Crippen molar-refractivity contribution in [2.45, 2.75) is 45.9 Å². The van der Waals surface area contributed by atoms with Crippen LogP contribution in [0, 0.1) is 0 Å². The molecule has 0 bridgehead atoms. The summed E-state index contributed by atoms with van der Waals surface area (Å²) in [5, 5.41) is 11.7. The molecular formula is C9H19NO3. The van der Waals surface area contributed by atoms with Gasteiger partial charge in [-0.15, -0.1) is 0 Å². The first-order valence-electron chi connectivity index (χ1n) is 4.54. The van der Waals surface area contributed by atoms with Crippen LogP contribution in [0.4, 0.5) is 0 Å². The number of ether oxygens (including phenoxy) is 1. The number of hydrogen-bond acceptors (Lipinski definition) is 3. The van der Waals surface area contributed by atoms with E-state index in [9.17, 15) is 4.79 Å². The van der Waals surface area contributed by atoms with Crippen LogP contribution in [0.3, 0.4) is 0 Å². The molecule has 0 saturated heterocycles. The Hall–Kier alpha value is -0.610. The molecule has 1 atom stereocenters. The third kappa shape index (κ3) is 6.54.